The first-order valence-corrected chi connectivity index (χ1v) is 11.5. The number of benzene rings is 2. The second-order valence-corrected chi connectivity index (χ2v) is 9.31. The van der Waals surface area contributed by atoms with Crippen molar-refractivity contribution in [3.8, 4) is 5.75 Å². The van der Waals surface area contributed by atoms with Crippen LogP contribution in [0.3, 0.4) is 0 Å². The van der Waals surface area contributed by atoms with E-state index in [-0.39, 0.29) is 18.8 Å². The molecular formula is C24H23FN2O3S. The highest BCUT2D eigenvalue weighted by Crippen LogP contribution is 2.33. The molecule has 1 aliphatic carbocycles. The zero-order valence-corrected chi connectivity index (χ0v) is 17.8. The first-order chi connectivity index (χ1) is 15.0. The lowest BCUT2D eigenvalue weighted by molar-refractivity contribution is -0.142. The lowest BCUT2D eigenvalue weighted by Crippen LogP contribution is -2.39. The number of rotatable bonds is 6. The number of carboxylic acid groups (broad SMARTS) is 1. The molecule has 0 unspecified atom stereocenters. The number of halogens is 1. The summed E-state index contributed by atoms with van der Waals surface area (Å²) in [6.07, 6.45) is 4.87. The summed E-state index contributed by atoms with van der Waals surface area (Å²) >= 11 is 1.42. The molecule has 0 saturated heterocycles. The van der Waals surface area contributed by atoms with Gasteiger partial charge >= 0.3 is 5.97 Å². The fourth-order valence-electron chi connectivity index (χ4n) is 4.37. The van der Waals surface area contributed by atoms with Crippen molar-refractivity contribution >= 4 is 33.7 Å². The van der Waals surface area contributed by atoms with Crippen molar-refractivity contribution in [3.05, 3.63) is 65.1 Å². The number of hydrogen-bond acceptors (Lipinski definition) is 4. The van der Waals surface area contributed by atoms with Crippen LogP contribution in [-0.4, -0.2) is 39.0 Å². The number of hydrogen-bond donors (Lipinski definition) is 2. The summed E-state index contributed by atoms with van der Waals surface area (Å²) in [4.78, 5) is 19.8. The molecule has 1 aromatic heterocycles. The number of thioether (sulfide) groups is 1. The predicted octanol–water partition coefficient (Wildman–Crippen LogP) is 4.78. The number of H-pyrrole nitrogens is 1. The number of aliphatic carboxylic acids is 1. The molecule has 2 N–H and O–H groups in total. The van der Waals surface area contributed by atoms with Crippen LogP contribution in [0.25, 0.3) is 10.9 Å². The summed E-state index contributed by atoms with van der Waals surface area (Å²) in [7, 11) is 0. The van der Waals surface area contributed by atoms with E-state index in [0.717, 1.165) is 29.7 Å². The van der Waals surface area contributed by atoms with Gasteiger partial charge in [-0.25, -0.2) is 9.18 Å². The monoisotopic (exact) mass is 438 g/mol. The summed E-state index contributed by atoms with van der Waals surface area (Å²) in [6.45, 7) is 0.260. The number of aryl methyl sites for hydroxylation is 2. The molecule has 5 rings (SSSR count). The van der Waals surface area contributed by atoms with Crippen molar-refractivity contribution in [2.45, 2.75) is 37.6 Å². The van der Waals surface area contributed by atoms with E-state index in [9.17, 15) is 14.3 Å². The first kappa shape index (κ1) is 20.1. The van der Waals surface area contributed by atoms with Crippen LogP contribution >= 0.6 is 11.8 Å². The third-order valence-corrected chi connectivity index (χ3v) is 7.18. The number of ether oxygens (including phenoxy) is 1. The van der Waals surface area contributed by atoms with Gasteiger partial charge < -0.3 is 14.8 Å². The van der Waals surface area contributed by atoms with Crippen LogP contribution in [0.1, 0.15) is 29.7 Å². The topological polar surface area (TPSA) is 74.7 Å². The lowest BCUT2D eigenvalue weighted by atomic mass is 9.92. The molecule has 0 spiro atoms. The van der Waals surface area contributed by atoms with Crippen LogP contribution in [0.2, 0.25) is 0 Å². The molecule has 0 radical (unpaired) electrons. The van der Waals surface area contributed by atoms with Crippen molar-refractivity contribution in [2.75, 3.05) is 12.4 Å². The fourth-order valence-corrected chi connectivity index (χ4v) is 5.45. The van der Waals surface area contributed by atoms with Gasteiger partial charge in [0.1, 0.15) is 23.2 Å². The Morgan fingerprint density at radius 3 is 2.84 bits per heavy atom. The Hall–Kier alpha value is -2.80. The summed E-state index contributed by atoms with van der Waals surface area (Å²) in [5.74, 6) is -0.150. The number of aliphatic imine (C=N–C) groups is 1. The molecule has 1 atom stereocenters. The summed E-state index contributed by atoms with van der Waals surface area (Å²) in [5, 5.41) is 11.5. The molecule has 2 aromatic carbocycles. The third kappa shape index (κ3) is 4.06. The molecule has 3 aromatic rings. The Labute approximate surface area is 183 Å². The highest BCUT2D eigenvalue weighted by Gasteiger charge is 2.43. The Balaban J connectivity index is 1.32. The average Bonchev–Trinajstić information content (AvgIpc) is 3.36. The Kier molecular flexibility index (Phi) is 5.22. The third-order valence-electron chi connectivity index (χ3n) is 6.02. The van der Waals surface area contributed by atoms with E-state index in [0.29, 0.717) is 16.3 Å². The van der Waals surface area contributed by atoms with Crippen LogP contribution in [0, 0.1) is 5.82 Å². The van der Waals surface area contributed by atoms with Crippen LogP contribution in [0.4, 0.5) is 4.39 Å². The van der Waals surface area contributed by atoms with E-state index in [1.807, 2.05) is 12.1 Å². The summed E-state index contributed by atoms with van der Waals surface area (Å²) in [5.41, 5.74) is 2.87. The van der Waals surface area contributed by atoms with Crippen molar-refractivity contribution in [3.63, 3.8) is 0 Å². The van der Waals surface area contributed by atoms with Crippen LogP contribution in [-0.2, 0) is 24.1 Å². The highest BCUT2D eigenvalue weighted by atomic mass is 32.2. The minimum absolute atomic E-state index is 0.216. The maximum atomic E-state index is 13.5. The molecule has 2 heterocycles. The molecule has 0 amide bonds. The van der Waals surface area contributed by atoms with Gasteiger partial charge in [0, 0.05) is 23.4 Å². The van der Waals surface area contributed by atoms with E-state index < -0.39 is 11.5 Å². The van der Waals surface area contributed by atoms with Gasteiger partial charge in [0.15, 0.2) is 5.54 Å². The predicted molar refractivity (Wildman–Crippen MR) is 121 cm³/mol. The summed E-state index contributed by atoms with van der Waals surface area (Å²) < 4.78 is 19.4. The number of aromatic amines is 1. The van der Waals surface area contributed by atoms with Crippen LogP contribution in [0.15, 0.2) is 47.5 Å². The Morgan fingerprint density at radius 1 is 1.16 bits per heavy atom. The van der Waals surface area contributed by atoms with Gasteiger partial charge in [0.05, 0.1) is 0 Å². The zero-order valence-electron chi connectivity index (χ0n) is 17.0. The Morgan fingerprint density at radius 2 is 2.00 bits per heavy atom. The normalized spacial score (nSPS) is 20.5. The average molecular weight is 439 g/mol. The van der Waals surface area contributed by atoms with E-state index in [1.165, 1.54) is 47.9 Å². The molecule has 2 aliphatic rings. The number of fused-ring (bicyclic) bond motifs is 2. The quantitative estimate of drug-likeness (QED) is 0.581. The number of carbonyl (C=O) groups is 1. The maximum absolute atomic E-state index is 13.5. The van der Waals surface area contributed by atoms with E-state index in [4.69, 9.17) is 4.74 Å². The maximum Gasteiger partial charge on any atom is 0.332 e. The van der Waals surface area contributed by atoms with Gasteiger partial charge in [-0.2, -0.15) is 0 Å². The van der Waals surface area contributed by atoms with Gasteiger partial charge in [-0.15, -0.1) is 11.8 Å². The molecule has 31 heavy (non-hydrogen) atoms. The SMILES string of the molecule is O=C(O)[C@@]1(Cc2cc3ccc(F)cc3[nH]2)CSC(COc2ccc3c(c2)CCCC3)=N1. The van der Waals surface area contributed by atoms with Crippen molar-refractivity contribution < 1.29 is 19.0 Å². The molecule has 7 heteroatoms. The van der Waals surface area contributed by atoms with E-state index in [1.54, 1.807) is 6.07 Å². The lowest BCUT2D eigenvalue weighted by Gasteiger charge is -2.19. The van der Waals surface area contributed by atoms with Gasteiger partial charge in [-0.1, -0.05) is 6.07 Å². The summed E-state index contributed by atoms with van der Waals surface area (Å²) in [6, 6.07) is 12.6. The number of nitrogens with zero attached hydrogens (tertiary/aromatic N) is 1. The molecule has 160 valence electrons. The van der Waals surface area contributed by atoms with Crippen LogP contribution < -0.4 is 4.74 Å². The van der Waals surface area contributed by atoms with E-state index >= 15 is 0 Å². The van der Waals surface area contributed by atoms with Gasteiger partial charge in [0.25, 0.3) is 0 Å². The van der Waals surface area contributed by atoms with Crippen molar-refractivity contribution in [2.24, 2.45) is 4.99 Å². The Bertz CT molecular complexity index is 1190. The number of nitrogens with one attached hydrogen (secondary N) is 1. The molecule has 0 fully saturated rings. The molecule has 5 nitrogen and oxygen atoms in total. The second-order valence-electron chi connectivity index (χ2n) is 8.26. The smallest absolute Gasteiger partial charge is 0.332 e. The number of aromatic nitrogens is 1. The molecule has 0 saturated carbocycles. The van der Waals surface area contributed by atoms with Gasteiger partial charge in [-0.3, -0.25) is 4.99 Å². The fraction of sp³-hybridized carbons (Fsp3) is 0.333. The largest absolute Gasteiger partial charge is 0.487 e. The zero-order chi connectivity index (χ0) is 21.4. The minimum atomic E-state index is -1.25. The molecular weight excluding hydrogens is 415 g/mol. The number of carboxylic acids is 1. The van der Waals surface area contributed by atoms with Crippen LogP contribution in [0.5, 0.6) is 5.75 Å². The van der Waals surface area contributed by atoms with Crippen molar-refractivity contribution in [1.82, 2.24) is 4.98 Å². The minimum Gasteiger partial charge on any atom is -0.487 e. The standard InChI is InChI=1S/C24H23FN2O3S/c25-18-7-5-17-9-19(26-21(17)11-18)12-24(23(28)29)14-31-22(27-24)13-30-20-8-6-15-3-1-2-4-16(15)10-20/h5-11,26H,1-4,12-14H2,(H,28,29)/t24-/m1/s1. The molecule has 0 bridgehead atoms. The molecule has 1 aliphatic heterocycles. The first-order valence-electron chi connectivity index (χ1n) is 10.5. The van der Waals surface area contributed by atoms with Gasteiger partial charge in [-0.05, 0) is 78.6 Å². The van der Waals surface area contributed by atoms with Crippen molar-refractivity contribution in [1.29, 1.82) is 0 Å². The van der Waals surface area contributed by atoms with Gasteiger partial charge in [0.2, 0.25) is 0 Å². The van der Waals surface area contributed by atoms with E-state index in [2.05, 4.69) is 22.1 Å². The second kappa shape index (κ2) is 8.04. The highest BCUT2D eigenvalue weighted by molar-refractivity contribution is 8.14.